The molecule has 0 aliphatic rings. The molecule has 0 radical (unpaired) electrons. The van der Waals surface area contributed by atoms with E-state index in [-0.39, 0.29) is 18.2 Å². The zero-order valence-electron chi connectivity index (χ0n) is 16.5. The van der Waals surface area contributed by atoms with Crippen LogP contribution >= 0.6 is 0 Å². The largest absolute Gasteiger partial charge is 0.495 e. The van der Waals surface area contributed by atoms with Gasteiger partial charge in [0.2, 0.25) is 0 Å². The molecule has 0 saturated carbocycles. The van der Waals surface area contributed by atoms with E-state index in [1.54, 1.807) is 14.0 Å². The number of amides is 1. The molecule has 0 aliphatic carbocycles. The third-order valence-corrected chi connectivity index (χ3v) is 4.52. The van der Waals surface area contributed by atoms with Gasteiger partial charge in [-0.05, 0) is 55.7 Å². The van der Waals surface area contributed by atoms with Crippen LogP contribution in [0.4, 0.5) is 5.69 Å². The summed E-state index contributed by atoms with van der Waals surface area (Å²) in [5.74, 6) is 1.48. The monoisotopic (exact) mass is 380 g/mol. The molecule has 0 aliphatic heterocycles. The number of nitrogens with one attached hydrogen (secondary N) is 1. The number of rotatable bonds is 7. The summed E-state index contributed by atoms with van der Waals surface area (Å²) in [5.41, 5.74) is 3.64. The number of benzene rings is 2. The standard InChI is InChI=1S/C22H24N2O4/c1-5-16-7-9-17(10-8-16)27-13-18-15(3)28-24-21(18)22(25)23-19-12-14(2)6-11-20(19)26-4/h6-12H,5,13H2,1-4H3,(H,23,25). The second-order valence-electron chi connectivity index (χ2n) is 6.51. The van der Waals surface area contributed by atoms with E-state index in [0.717, 1.165) is 17.7 Å². The second kappa shape index (κ2) is 8.61. The van der Waals surface area contributed by atoms with Gasteiger partial charge in [-0.1, -0.05) is 30.3 Å². The Bertz CT molecular complexity index is 961. The highest BCUT2D eigenvalue weighted by Crippen LogP contribution is 2.26. The zero-order chi connectivity index (χ0) is 20.1. The lowest BCUT2D eigenvalue weighted by Crippen LogP contribution is -2.16. The van der Waals surface area contributed by atoms with Gasteiger partial charge in [-0.2, -0.15) is 0 Å². The van der Waals surface area contributed by atoms with Crippen molar-refractivity contribution >= 4 is 11.6 Å². The summed E-state index contributed by atoms with van der Waals surface area (Å²) in [6.45, 7) is 5.99. The number of nitrogens with zero attached hydrogens (tertiary/aromatic N) is 1. The Balaban J connectivity index is 1.76. The minimum atomic E-state index is -0.374. The summed E-state index contributed by atoms with van der Waals surface area (Å²) >= 11 is 0. The number of hydrogen-bond donors (Lipinski definition) is 1. The lowest BCUT2D eigenvalue weighted by atomic mass is 10.1. The first-order valence-electron chi connectivity index (χ1n) is 9.14. The van der Waals surface area contributed by atoms with Crippen molar-refractivity contribution in [2.75, 3.05) is 12.4 Å². The number of aryl methyl sites for hydroxylation is 3. The normalized spacial score (nSPS) is 10.6. The molecule has 0 atom stereocenters. The number of aromatic nitrogens is 1. The molecule has 2 aromatic carbocycles. The van der Waals surface area contributed by atoms with Crippen molar-refractivity contribution in [3.63, 3.8) is 0 Å². The molecule has 6 nitrogen and oxygen atoms in total. The highest BCUT2D eigenvalue weighted by molar-refractivity contribution is 6.04. The molecule has 28 heavy (non-hydrogen) atoms. The Kier molecular flexibility index (Phi) is 5.99. The predicted molar refractivity (Wildman–Crippen MR) is 107 cm³/mol. The molecule has 146 valence electrons. The molecule has 0 spiro atoms. The van der Waals surface area contributed by atoms with Crippen LogP contribution in [0.3, 0.4) is 0 Å². The second-order valence-corrected chi connectivity index (χ2v) is 6.51. The van der Waals surface area contributed by atoms with Crippen molar-refractivity contribution in [3.05, 3.63) is 70.6 Å². The van der Waals surface area contributed by atoms with Crippen molar-refractivity contribution < 1.29 is 18.8 Å². The van der Waals surface area contributed by atoms with Crippen LogP contribution in [-0.4, -0.2) is 18.2 Å². The summed E-state index contributed by atoms with van der Waals surface area (Å²) in [4.78, 5) is 12.8. The molecule has 3 rings (SSSR count). The van der Waals surface area contributed by atoms with Gasteiger partial charge >= 0.3 is 0 Å². The Morgan fingerprint density at radius 1 is 1.14 bits per heavy atom. The maximum Gasteiger partial charge on any atom is 0.278 e. The molecular formula is C22H24N2O4. The average Bonchev–Trinajstić information content (AvgIpc) is 3.07. The maximum atomic E-state index is 12.8. The molecule has 0 fully saturated rings. The molecule has 1 N–H and O–H groups in total. The van der Waals surface area contributed by atoms with Gasteiger partial charge in [0.1, 0.15) is 23.9 Å². The van der Waals surface area contributed by atoms with E-state index in [4.69, 9.17) is 14.0 Å². The van der Waals surface area contributed by atoms with E-state index in [1.165, 1.54) is 5.56 Å². The molecule has 0 unspecified atom stereocenters. The minimum absolute atomic E-state index is 0.189. The van der Waals surface area contributed by atoms with E-state index in [1.807, 2.05) is 49.4 Å². The first-order chi connectivity index (χ1) is 13.5. The van der Waals surface area contributed by atoms with Gasteiger partial charge in [-0.25, -0.2) is 0 Å². The van der Waals surface area contributed by atoms with Gasteiger partial charge in [-0.3, -0.25) is 4.79 Å². The van der Waals surface area contributed by atoms with E-state index in [9.17, 15) is 4.79 Å². The van der Waals surface area contributed by atoms with Crippen molar-refractivity contribution in [3.8, 4) is 11.5 Å². The quantitative estimate of drug-likeness (QED) is 0.643. The first-order valence-corrected chi connectivity index (χ1v) is 9.14. The number of methoxy groups -OCH3 is 1. The van der Waals surface area contributed by atoms with Gasteiger partial charge in [0, 0.05) is 0 Å². The fourth-order valence-electron chi connectivity index (χ4n) is 2.82. The van der Waals surface area contributed by atoms with Gasteiger partial charge < -0.3 is 19.3 Å². The third-order valence-electron chi connectivity index (χ3n) is 4.52. The highest BCUT2D eigenvalue weighted by atomic mass is 16.5. The summed E-state index contributed by atoms with van der Waals surface area (Å²) in [5, 5.41) is 6.77. The average molecular weight is 380 g/mol. The number of ether oxygens (including phenoxy) is 2. The lowest BCUT2D eigenvalue weighted by molar-refractivity contribution is 0.101. The smallest absolute Gasteiger partial charge is 0.278 e. The highest BCUT2D eigenvalue weighted by Gasteiger charge is 2.21. The molecule has 1 heterocycles. The molecule has 0 bridgehead atoms. The van der Waals surface area contributed by atoms with Gasteiger partial charge in [-0.15, -0.1) is 0 Å². The predicted octanol–water partition coefficient (Wildman–Crippen LogP) is 4.69. The van der Waals surface area contributed by atoms with Gasteiger partial charge in [0.15, 0.2) is 5.69 Å². The zero-order valence-corrected chi connectivity index (χ0v) is 16.5. The summed E-state index contributed by atoms with van der Waals surface area (Å²) in [7, 11) is 1.56. The van der Waals surface area contributed by atoms with Crippen LogP contribution < -0.4 is 14.8 Å². The first kappa shape index (κ1) is 19.5. The van der Waals surface area contributed by atoms with Crippen molar-refractivity contribution in [1.82, 2.24) is 5.16 Å². The van der Waals surface area contributed by atoms with Crippen molar-refractivity contribution in [1.29, 1.82) is 0 Å². The van der Waals surface area contributed by atoms with E-state index < -0.39 is 0 Å². The number of anilines is 1. The Morgan fingerprint density at radius 2 is 1.89 bits per heavy atom. The number of carbonyl (C=O) groups is 1. The molecule has 6 heteroatoms. The number of carbonyl (C=O) groups excluding carboxylic acids is 1. The fourth-order valence-corrected chi connectivity index (χ4v) is 2.82. The molecular weight excluding hydrogens is 356 g/mol. The Morgan fingerprint density at radius 3 is 2.57 bits per heavy atom. The van der Waals surface area contributed by atoms with Gasteiger partial charge in [0.25, 0.3) is 5.91 Å². The molecule has 1 aromatic heterocycles. The summed E-state index contributed by atoms with van der Waals surface area (Å²) in [6, 6.07) is 13.4. The van der Waals surface area contributed by atoms with Crippen LogP contribution in [-0.2, 0) is 13.0 Å². The SMILES string of the molecule is CCc1ccc(OCc2c(C(=O)Nc3cc(C)ccc3OC)noc2C)cc1. The van der Waals surface area contributed by atoms with E-state index in [2.05, 4.69) is 17.4 Å². The molecule has 3 aromatic rings. The summed E-state index contributed by atoms with van der Waals surface area (Å²) in [6.07, 6.45) is 0.970. The third kappa shape index (κ3) is 4.34. The topological polar surface area (TPSA) is 73.6 Å². The van der Waals surface area contributed by atoms with Crippen molar-refractivity contribution in [2.45, 2.75) is 33.8 Å². The number of hydrogen-bond acceptors (Lipinski definition) is 5. The van der Waals surface area contributed by atoms with Crippen LogP contribution in [0.1, 0.15) is 39.9 Å². The van der Waals surface area contributed by atoms with Crippen LogP contribution in [0, 0.1) is 13.8 Å². The van der Waals surface area contributed by atoms with Crippen molar-refractivity contribution in [2.24, 2.45) is 0 Å². The van der Waals surface area contributed by atoms with Gasteiger partial charge in [0.05, 0.1) is 18.4 Å². The minimum Gasteiger partial charge on any atom is -0.495 e. The van der Waals surface area contributed by atoms with Crippen LogP contribution in [0.15, 0.2) is 47.0 Å². The maximum absolute atomic E-state index is 12.8. The summed E-state index contributed by atoms with van der Waals surface area (Å²) < 4.78 is 16.4. The van der Waals surface area contributed by atoms with E-state index in [0.29, 0.717) is 22.8 Å². The van der Waals surface area contributed by atoms with Crippen LogP contribution in [0.25, 0.3) is 0 Å². The molecule has 0 saturated heterocycles. The molecule has 1 amide bonds. The van der Waals surface area contributed by atoms with E-state index >= 15 is 0 Å². The Labute approximate surface area is 164 Å². The van der Waals surface area contributed by atoms with Crippen LogP contribution in [0.2, 0.25) is 0 Å². The van der Waals surface area contributed by atoms with Crippen LogP contribution in [0.5, 0.6) is 11.5 Å². The Hall–Kier alpha value is -3.28. The fraction of sp³-hybridized carbons (Fsp3) is 0.273. The lowest BCUT2D eigenvalue weighted by Gasteiger charge is -2.11.